The normalized spacial score (nSPS) is 10.1. The van der Waals surface area contributed by atoms with Crippen molar-refractivity contribution in [3.05, 3.63) is 30.4 Å². The van der Waals surface area contributed by atoms with Crippen molar-refractivity contribution in [3.8, 4) is 0 Å². The molecular formula is C9H11N5. The maximum absolute atomic E-state index is 4.22. The monoisotopic (exact) mass is 189 g/mol. The first-order valence-electron chi connectivity index (χ1n) is 4.29. The van der Waals surface area contributed by atoms with Crippen LogP contribution < -0.4 is 5.32 Å². The molecule has 2 aromatic rings. The molecule has 0 saturated heterocycles. The van der Waals surface area contributed by atoms with Gasteiger partial charge < -0.3 is 5.32 Å². The third kappa shape index (κ3) is 1.87. The molecule has 0 unspecified atom stereocenters. The fraction of sp³-hybridized carbons (Fsp3) is 0.222. The topological polar surface area (TPSA) is 55.6 Å². The summed E-state index contributed by atoms with van der Waals surface area (Å²) in [6, 6.07) is 1.86. The van der Waals surface area contributed by atoms with Crippen LogP contribution in [0.3, 0.4) is 0 Å². The second-order valence-corrected chi connectivity index (χ2v) is 3.05. The first-order valence-corrected chi connectivity index (χ1v) is 4.29. The Labute approximate surface area is 81.8 Å². The second kappa shape index (κ2) is 3.45. The van der Waals surface area contributed by atoms with Gasteiger partial charge >= 0.3 is 0 Å². The van der Waals surface area contributed by atoms with Crippen LogP contribution in [0.15, 0.2) is 24.7 Å². The highest BCUT2D eigenvalue weighted by atomic mass is 15.3. The molecule has 2 rings (SSSR count). The van der Waals surface area contributed by atoms with Crippen molar-refractivity contribution in [1.29, 1.82) is 0 Å². The lowest BCUT2D eigenvalue weighted by molar-refractivity contribution is 0.768. The second-order valence-electron chi connectivity index (χ2n) is 3.05. The van der Waals surface area contributed by atoms with Gasteiger partial charge in [0.1, 0.15) is 0 Å². The highest BCUT2D eigenvalue weighted by Gasteiger charge is 1.98. The molecule has 0 spiro atoms. The Bertz CT molecular complexity index is 434. The van der Waals surface area contributed by atoms with Crippen LogP contribution in [-0.2, 0) is 7.05 Å². The summed E-state index contributed by atoms with van der Waals surface area (Å²) >= 11 is 0. The van der Waals surface area contributed by atoms with E-state index < -0.39 is 0 Å². The van der Waals surface area contributed by atoms with E-state index in [9.17, 15) is 0 Å². The van der Waals surface area contributed by atoms with Crippen LogP contribution in [0.5, 0.6) is 0 Å². The minimum atomic E-state index is 0.595. The molecule has 0 fully saturated rings. The number of hydrogen-bond donors (Lipinski definition) is 1. The van der Waals surface area contributed by atoms with Gasteiger partial charge in [-0.15, -0.1) is 0 Å². The fourth-order valence-corrected chi connectivity index (χ4v) is 1.12. The molecule has 0 aliphatic rings. The maximum atomic E-state index is 4.22. The Hall–Kier alpha value is -1.91. The van der Waals surface area contributed by atoms with Crippen molar-refractivity contribution in [2.45, 2.75) is 6.92 Å². The van der Waals surface area contributed by atoms with Crippen molar-refractivity contribution in [2.24, 2.45) is 7.05 Å². The Morgan fingerprint density at radius 2 is 2.29 bits per heavy atom. The molecule has 5 nitrogen and oxygen atoms in total. The summed E-state index contributed by atoms with van der Waals surface area (Å²) in [5.74, 6) is 0.595. The zero-order valence-corrected chi connectivity index (χ0v) is 8.10. The molecule has 14 heavy (non-hydrogen) atoms. The van der Waals surface area contributed by atoms with Gasteiger partial charge in [0.15, 0.2) is 0 Å². The minimum absolute atomic E-state index is 0.595. The summed E-state index contributed by atoms with van der Waals surface area (Å²) in [4.78, 5) is 8.30. The molecule has 0 aliphatic carbocycles. The van der Waals surface area contributed by atoms with Crippen molar-refractivity contribution in [2.75, 3.05) is 5.32 Å². The van der Waals surface area contributed by atoms with Gasteiger partial charge in [0.25, 0.3) is 0 Å². The summed E-state index contributed by atoms with van der Waals surface area (Å²) < 4.78 is 1.72. The third-order valence-corrected chi connectivity index (χ3v) is 1.76. The lowest BCUT2D eigenvalue weighted by Gasteiger charge is -2.00. The van der Waals surface area contributed by atoms with E-state index in [1.54, 1.807) is 17.1 Å². The lowest BCUT2D eigenvalue weighted by atomic mass is 10.4. The Morgan fingerprint density at radius 3 is 2.93 bits per heavy atom. The quantitative estimate of drug-likeness (QED) is 0.772. The minimum Gasteiger partial charge on any atom is -0.321 e. The first kappa shape index (κ1) is 8.68. The fourth-order valence-electron chi connectivity index (χ4n) is 1.12. The molecular weight excluding hydrogens is 178 g/mol. The average molecular weight is 189 g/mol. The van der Waals surface area contributed by atoms with Crippen LogP contribution in [0.25, 0.3) is 0 Å². The van der Waals surface area contributed by atoms with E-state index in [4.69, 9.17) is 0 Å². The van der Waals surface area contributed by atoms with E-state index in [2.05, 4.69) is 20.4 Å². The molecule has 0 aliphatic heterocycles. The molecule has 2 aromatic heterocycles. The Balaban J connectivity index is 2.18. The van der Waals surface area contributed by atoms with E-state index in [0.29, 0.717) is 5.95 Å². The summed E-state index contributed by atoms with van der Waals surface area (Å²) in [6.07, 6.45) is 5.32. The highest BCUT2D eigenvalue weighted by Crippen LogP contribution is 2.10. The molecule has 5 heteroatoms. The van der Waals surface area contributed by atoms with Crippen molar-refractivity contribution >= 4 is 11.6 Å². The van der Waals surface area contributed by atoms with Crippen LogP contribution in [0.2, 0.25) is 0 Å². The molecule has 0 amide bonds. The number of aromatic nitrogens is 4. The summed E-state index contributed by atoms with van der Waals surface area (Å²) in [6.45, 7) is 1.93. The lowest BCUT2D eigenvalue weighted by Crippen LogP contribution is -1.96. The van der Waals surface area contributed by atoms with E-state index in [1.807, 2.05) is 26.2 Å². The van der Waals surface area contributed by atoms with Crippen LogP contribution >= 0.6 is 0 Å². The van der Waals surface area contributed by atoms with Gasteiger partial charge in [-0.1, -0.05) is 0 Å². The molecule has 0 aromatic carbocycles. The number of hydrogen-bond acceptors (Lipinski definition) is 4. The first-order chi connectivity index (χ1) is 6.74. The predicted octanol–water partition coefficient (Wildman–Crippen LogP) is 1.26. The molecule has 0 radical (unpaired) electrons. The van der Waals surface area contributed by atoms with Crippen LogP contribution in [0.4, 0.5) is 11.6 Å². The van der Waals surface area contributed by atoms with E-state index in [1.165, 1.54) is 0 Å². The molecule has 0 bridgehead atoms. The number of nitrogens with zero attached hydrogens (tertiary/aromatic N) is 4. The van der Waals surface area contributed by atoms with E-state index in [0.717, 1.165) is 11.4 Å². The standard InChI is InChI=1S/C9H11N5/c1-7-3-4-10-9(12-7)13-8-5-11-14(2)6-8/h3-6H,1-2H3,(H,10,12,13). The number of nitrogens with one attached hydrogen (secondary N) is 1. The average Bonchev–Trinajstić information content (AvgIpc) is 2.51. The Kier molecular flexibility index (Phi) is 2.14. The zero-order chi connectivity index (χ0) is 9.97. The van der Waals surface area contributed by atoms with Crippen molar-refractivity contribution in [3.63, 3.8) is 0 Å². The molecule has 72 valence electrons. The van der Waals surface area contributed by atoms with Gasteiger partial charge in [-0.2, -0.15) is 5.10 Å². The van der Waals surface area contributed by atoms with E-state index in [-0.39, 0.29) is 0 Å². The molecule has 2 heterocycles. The summed E-state index contributed by atoms with van der Waals surface area (Å²) in [5.41, 5.74) is 1.82. The van der Waals surface area contributed by atoms with Crippen LogP contribution in [0, 0.1) is 6.92 Å². The van der Waals surface area contributed by atoms with Crippen molar-refractivity contribution < 1.29 is 0 Å². The van der Waals surface area contributed by atoms with Crippen LogP contribution in [-0.4, -0.2) is 19.7 Å². The van der Waals surface area contributed by atoms with Gasteiger partial charge in [0.05, 0.1) is 11.9 Å². The summed E-state index contributed by atoms with van der Waals surface area (Å²) in [5, 5.41) is 7.09. The van der Waals surface area contributed by atoms with Gasteiger partial charge in [0, 0.05) is 25.1 Å². The van der Waals surface area contributed by atoms with Crippen LogP contribution in [0.1, 0.15) is 5.69 Å². The van der Waals surface area contributed by atoms with Gasteiger partial charge in [-0.05, 0) is 13.0 Å². The zero-order valence-electron chi connectivity index (χ0n) is 8.10. The predicted molar refractivity (Wildman–Crippen MR) is 53.3 cm³/mol. The molecule has 0 saturated carbocycles. The third-order valence-electron chi connectivity index (χ3n) is 1.76. The maximum Gasteiger partial charge on any atom is 0.227 e. The molecule has 0 atom stereocenters. The largest absolute Gasteiger partial charge is 0.321 e. The van der Waals surface area contributed by atoms with Crippen molar-refractivity contribution in [1.82, 2.24) is 19.7 Å². The smallest absolute Gasteiger partial charge is 0.227 e. The summed E-state index contributed by atoms with van der Waals surface area (Å²) in [7, 11) is 1.86. The Morgan fingerprint density at radius 1 is 1.43 bits per heavy atom. The number of anilines is 2. The molecule has 1 N–H and O–H groups in total. The van der Waals surface area contributed by atoms with Gasteiger partial charge in [-0.3, -0.25) is 4.68 Å². The number of aryl methyl sites for hydroxylation is 2. The van der Waals surface area contributed by atoms with Gasteiger partial charge in [0.2, 0.25) is 5.95 Å². The SMILES string of the molecule is Cc1ccnc(Nc2cnn(C)c2)n1. The number of rotatable bonds is 2. The highest BCUT2D eigenvalue weighted by molar-refractivity contribution is 5.49. The van der Waals surface area contributed by atoms with E-state index >= 15 is 0 Å². The van der Waals surface area contributed by atoms with Gasteiger partial charge in [-0.25, -0.2) is 9.97 Å².